The summed E-state index contributed by atoms with van der Waals surface area (Å²) in [6, 6.07) is 4.79. The summed E-state index contributed by atoms with van der Waals surface area (Å²) in [5.74, 6) is 0.907. The lowest BCUT2D eigenvalue weighted by atomic mass is 10.3. The second kappa shape index (κ2) is 6.76. The van der Waals surface area contributed by atoms with Crippen LogP contribution in [0.3, 0.4) is 0 Å². The molecule has 1 rings (SSSR count). The molecule has 6 heteroatoms. The Kier molecular flexibility index (Phi) is 4.58. The van der Waals surface area contributed by atoms with Crippen LogP contribution in [-0.2, 0) is 0 Å². The predicted octanol–water partition coefficient (Wildman–Crippen LogP) is 1.09. The van der Waals surface area contributed by atoms with Crippen LogP contribution in [-0.4, -0.2) is 36.6 Å². The number of aliphatic hydroxyl groups is 2. The van der Waals surface area contributed by atoms with Gasteiger partial charge >= 0.3 is 0 Å². The number of nitrogens with one attached hydrogen (secondary N) is 1. The molecule has 0 saturated heterocycles. The Hall–Kier alpha value is -1.66. The molecule has 0 spiro atoms. The molecule has 0 unspecified atom stereocenters. The van der Waals surface area contributed by atoms with Gasteiger partial charge in [-0.1, -0.05) is 0 Å². The number of nitrogens with zero attached hydrogens (tertiary/aromatic N) is 1. The lowest BCUT2D eigenvalue weighted by Crippen LogP contribution is -2.03. The van der Waals surface area contributed by atoms with Crippen molar-refractivity contribution in [2.24, 2.45) is 5.11 Å². The summed E-state index contributed by atoms with van der Waals surface area (Å²) in [7, 11) is 0. The van der Waals surface area contributed by atoms with Crippen molar-refractivity contribution in [3.05, 3.63) is 18.2 Å². The van der Waals surface area contributed by atoms with E-state index in [1.807, 2.05) is 0 Å². The first-order chi connectivity index (χ1) is 8.31. The molecule has 0 bridgehead atoms. The van der Waals surface area contributed by atoms with Crippen molar-refractivity contribution in [2.45, 2.75) is 0 Å². The maximum atomic E-state index is 8.65. The average molecular weight is 227 g/mol. The molecule has 0 heterocycles. The zero-order valence-electron chi connectivity index (χ0n) is 9.67. The highest BCUT2D eigenvalue weighted by molar-refractivity contribution is 5.54. The topological polar surface area (TPSA) is 95.1 Å². The van der Waals surface area contributed by atoms with Crippen LogP contribution in [0.25, 0.3) is 0 Å². The SMILES string of the molecule is [2H]N=Nc1cc(OCCO)ccc1OCCO. The van der Waals surface area contributed by atoms with Gasteiger partial charge in [-0.2, -0.15) is 5.11 Å². The normalized spacial score (nSPS) is 11.5. The van der Waals surface area contributed by atoms with E-state index in [0.29, 0.717) is 17.2 Å². The molecule has 0 radical (unpaired) electrons. The zero-order chi connectivity index (χ0) is 12.5. The summed E-state index contributed by atoms with van der Waals surface area (Å²) in [6.07, 6.45) is 0. The standard InChI is InChI=1S/C10H14N2O4/c11-12-9-7-8(15-5-3-13)1-2-10(9)16-6-4-14/h1-2,7,11,13-14H,3-6H2/i/hD. The third kappa shape index (κ3) is 3.48. The highest BCUT2D eigenvalue weighted by Gasteiger charge is 2.05. The minimum absolute atomic E-state index is 0.0853. The predicted molar refractivity (Wildman–Crippen MR) is 56.4 cm³/mol. The van der Waals surface area contributed by atoms with Crippen molar-refractivity contribution >= 4 is 5.69 Å². The molecule has 0 aliphatic rings. The Morgan fingerprint density at radius 1 is 1.25 bits per heavy atom. The van der Waals surface area contributed by atoms with Gasteiger partial charge in [0, 0.05) is 6.07 Å². The van der Waals surface area contributed by atoms with E-state index in [1.165, 1.54) is 0 Å². The van der Waals surface area contributed by atoms with Crippen molar-refractivity contribution in [3.63, 3.8) is 0 Å². The van der Waals surface area contributed by atoms with Crippen LogP contribution < -0.4 is 9.47 Å². The van der Waals surface area contributed by atoms with Gasteiger partial charge in [0.25, 0.3) is 0 Å². The largest absolute Gasteiger partial charge is 0.491 e. The fraction of sp³-hybridized carbons (Fsp3) is 0.400. The summed E-state index contributed by atoms with van der Waals surface area (Å²) >= 11 is 0. The Balaban J connectivity index is 2.83. The summed E-state index contributed by atoms with van der Waals surface area (Å²) in [6.45, 7) is 0.115. The molecule has 1 aromatic carbocycles. The second-order valence-electron chi connectivity index (χ2n) is 2.87. The van der Waals surface area contributed by atoms with Gasteiger partial charge in [-0.3, -0.25) is 0 Å². The molecule has 16 heavy (non-hydrogen) atoms. The molecule has 88 valence electrons. The van der Waals surface area contributed by atoms with E-state index in [9.17, 15) is 0 Å². The molecule has 0 aliphatic heterocycles. The minimum atomic E-state index is -0.111. The molecule has 3 N–H and O–H groups in total. The summed E-state index contributed by atoms with van der Waals surface area (Å²) in [5.41, 5.74) is 3.26. The third-order valence-electron chi connectivity index (χ3n) is 1.75. The van der Waals surface area contributed by atoms with E-state index in [4.69, 9.17) is 21.1 Å². The van der Waals surface area contributed by atoms with Gasteiger partial charge in [-0.15, -0.1) is 0 Å². The highest BCUT2D eigenvalue weighted by Crippen LogP contribution is 2.31. The van der Waals surface area contributed by atoms with Crippen LogP contribution in [0.15, 0.2) is 23.3 Å². The highest BCUT2D eigenvalue weighted by atomic mass is 16.5. The van der Waals surface area contributed by atoms with Crippen molar-refractivity contribution in [2.75, 3.05) is 26.4 Å². The Bertz CT molecular complexity index is 373. The summed E-state index contributed by atoms with van der Waals surface area (Å²) < 4.78 is 17.1. The Morgan fingerprint density at radius 3 is 2.69 bits per heavy atom. The van der Waals surface area contributed by atoms with E-state index < -0.39 is 0 Å². The van der Waals surface area contributed by atoms with Crippen molar-refractivity contribution in [1.82, 2.24) is 0 Å². The molecular weight excluding hydrogens is 212 g/mol. The number of hydrogen-bond acceptors (Lipinski definition) is 6. The lowest BCUT2D eigenvalue weighted by Gasteiger charge is -2.09. The maximum Gasteiger partial charge on any atom is 0.214 e. The first kappa shape index (κ1) is 10.8. The molecule has 1 aromatic rings. The van der Waals surface area contributed by atoms with Crippen LogP contribution >= 0.6 is 0 Å². The maximum absolute atomic E-state index is 8.65. The van der Waals surface area contributed by atoms with Crippen LogP contribution in [0.5, 0.6) is 11.5 Å². The van der Waals surface area contributed by atoms with Gasteiger partial charge in [0.1, 0.15) is 30.4 Å². The number of ether oxygens (including phenoxy) is 2. The van der Waals surface area contributed by atoms with Crippen LogP contribution in [0.4, 0.5) is 5.69 Å². The van der Waals surface area contributed by atoms with E-state index in [2.05, 4.69) is 10.6 Å². The summed E-state index contributed by atoms with van der Waals surface area (Å²) in [4.78, 5) is 0. The van der Waals surface area contributed by atoms with E-state index in [0.717, 1.165) is 0 Å². The minimum Gasteiger partial charge on any atom is -0.491 e. The van der Waals surface area contributed by atoms with Crippen molar-refractivity contribution < 1.29 is 21.1 Å². The third-order valence-corrected chi connectivity index (χ3v) is 1.75. The lowest BCUT2D eigenvalue weighted by molar-refractivity contribution is 0.198. The molecule has 0 amide bonds. The van der Waals surface area contributed by atoms with Gasteiger partial charge in [-0.05, 0) is 12.1 Å². The molecule has 0 atom stereocenters. The van der Waals surface area contributed by atoms with E-state index >= 15 is 0 Å². The fourth-order valence-corrected chi connectivity index (χ4v) is 1.11. The average Bonchev–Trinajstić information content (AvgIpc) is 2.35. The summed E-state index contributed by atoms with van der Waals surface area (Å²) in [5, 5.41) is 20.8. The number of rotatable bonds is 7. The first-order valence-corrected chi connectivity index (χ1v) is 4.78. The molecule has 6 nitrogen and oxygen atoms in total. The number of hydrogen-bond donors (Lipinski definition) is 3. The molecule has 0 saturated carbocycles. The second-order valence-corrected chi connectivity index (χ2v) is 2.87. The fourth-order valence-electron chi connectivity index (χ4n) is 1.11. The van der Waals surface area contributed by atoms with Gasteiger partial charge in [0.15, 0.2) is 0 Å². The monoisotopic (exact) mass is 227 g/mol. The van der Waals surface area contributed by atoms with Crippen LogP contribution in [0, 0.1) is 5.52 Å². The van der Waals surface area contributed by atoms with Crippen LogP contribution in [0.2, 0.25) is 1.41 Å². The van der Waals surface area contributed by atoms with Crippen molar-refractivity contribution in [1.29, 1.82) is 5.52 Å². The Labute approximate surface area is 94.4 Å². The number of benzene rings is 1. The van der Waals surface area contributed by atoms with E-state index in [-0.39, 0.29) is 26.4 Å². The van der Waals surface area contributed by atoms with Gasteiger partial charge < -0.3 is 19.7 Å². The molecular formula is C10H14N2O4. The zero-order valence-corrected chi connectivity index (χ0v) is 8.67. The van der Waals surface area contributed by atoms with Gasteiger partial charge in [-0.25, -0.2) is 5.52 Å². The first-order valence-electron chi connectivity index (χ1n) is 5.23. The molecule has 0 fully saturated rings. The quantitative estimate of drug-likeness (QED) is 0.607. The van der Waals surface area contributed by atoms with Gasteiger partial charge in [0.05, 0.1) is 13.2 Å². The molecule has 0 aliphatic carbocycles. The molecule has 0 aromatic heterocycles. The van der Waals surface area contributed by atoms with Crippen molar-refractivity contribution in [3.8, 4) is 11.5 Å². The van der Waals surface area contributed by atoms with Crippen LogP contribution in [0.1, 0.15) is 0 Å². The smallest absolute Gasteiger partial charge is 0.214 e. The Morgan fingerprint density at radius 2 is 2.00 bits per heavy atom. The van der Waals surface area contributed by atoms with Gasteiger partial charge in [0.2, 0.25) is 1.41 Å². The van der Waals surface area contributed by atoms with E-state index in [1.54, 1.807) is 18.2 Å². The number of aliphatic hydroxyl groups excluding tert-OH is 2.